The van der Waals surface area contributed by atoms with Gasteiger partial charge in [0.05, 0.1) is 0 Å². The molecule has 0 saturated carbocycles. The zero-order chi connectivity index (χ0) is 13.0. The van der Waals surface area contributed by atoms with Crippen molar-refractivity contribution in [2.24, 2.45) is 0 Å². The average Bonchev–Trinajstić information content (AvgIpc) is 2.81. The van der Waals surface area contributed by atoms with Crippen LogP contribution in [0, 0.1) is 0 Å². The van der Waals surface area contributed by atoms with Gasteiger partial charge < -0.3 is 5.32 Å². The van der Waals surface area contributed by atoms with E-state index in [1.54, 1.807) is 11.3 Å². The fraction of sp³-hybridized carbons (Fsp3) is 0.333. The Hall–Kier alpha value is -0.830. The van der Waals surface area contributed by atoms with E-state index in [9.17, 15) is 0 Å². The fourth-order valence-corrected chi connectivity index (χ4v) is 3.00. The highest BCUT2D eigenvalue weighted by Gasteiger charge is 2.10. The number of halogens is 1. The van der Waals surface area contributed by atoms with E-state index < -0.39 is 0 Å². The van der Waals surface area contributed by atoms with Crippen LogP contribution in [0.5, 0.6) is 0 Å². The lowest BCUT2D eigenvalue weighted by molar-refractivity contribution is 0.477. The topological polar surface area (TPSA) is 12.0 Å². The summed E-state index contributed by atoms with van der Waals surface area (Å²) in [5.74, 6) is 0. The maximum absolute atomic E-state index is 6.01. The Morgan fingerprint density at radius 3 is 2.78 bits per heavy atom. The van der Waals surface area contributed by atoms with Crippen molar-refractivity contribution in [2.45, 2.75) is 32.4 Å². The van der Waals surface area contributed by atoms with Crippen molar-refractivity contribution in [1.29, 1.82) is 0 Å². The summed E-state index contributed by atoms with van der Waals surface area (Å²) in [4.78, 5) is 0. The Morgan fingerprint density at radius 2 is 2.11 bits per heavy atom. The van der Waals surface area contributed by atoms with Gasteiger partial charge in [-0.15, -0.1) is 0 Å². The van der Waals surface area contributed by atoms with Crippen LogP contribution < -0.4 is 5.32 Å². The van der Waals surface area contributed by atoms with Gasteiger partial charge in [-0.3, -0.25) is 0 Å². The first-order valence-corrected chi connectivity index (χ1v) is 7.50. The van der Waals surface area contributed by atoms with Crippen molar-refractivity contribution in [3.63, 3.8) is 0 Å². The third kappa shape index (κ3) is 3.84. The Kier molecular flexibility index (Phi) is 4.81. The van der Waals surface area contributed by atoms with Crippen molar-refractivity contribution < 1.29 is 0 Å². The Bertz CT molecular complexity index is 481. The van der Waals surface area contributed by atoms with Gasteiger partial charge in [0.2, 0.25) is 0 Å². The van der Waals surface area contributed by atoms with Crippen LogP contribution in [-0.2, 0) is 6.42 Å². The summed E-state index contributed by atoms with van der Waals surface area (Å²) in [6, 6.07) is 11.0. The molecule has 1 nitrogen and oxygen atoms in total. The summed E-state index contributed by atoms with van der Waals surface area (Å²) in [5, 5.41) is 8.74. The molecule has 0 saturated heterocycles. The fourth-order valence-electron chi connectivity index (χ4n) is 2.12. The SMILES string of the molecule is CC(Cc1ccsc1)NC(C)c1cccc(Cl)c1. The molecule has 0 aliphatic heterocycles. The van der Waals surface area contributed by atoms with Gasteiger partial charge in [-0.25, -0.2) is 0 Å². The third-order valence-corrected chi connectivity index (χ3v) is 3.97. The molecule has 2 rings (SSSR count). The van der Waals surface area contributed by atoms with E-state index in [1.165, 1.54) is 11.1 Å². The maximum Gasteiger partial charge on any atom is 0.0409 e. The quantitative estimate of drug-likeness (QED) is 0.838. The van der Waals surface area contributed by atoms with Crippen LogP contribution in [0.25, 0.3) is 0 Å². The molecule has 3 heteroatoms. The molecule has 2 unspecified atom stereocenters. The second-order valence-electron chi connectivity index (χ2n) is 4.68. The Morgan fingerprint density at radius 1 is 1.28 bits per heavy atom. The van der Waals surface area contributed by atoms with E-state index in [4.69, 9.17) is 11.6 Å². The summed E-state index contributed by atoms with van der Waals surface area (Å²) < 4.78 is 0. The molecule has 1 aromatic heterocycles. The van der Waals surface area contributed by atoms with E-state index in [2.05, 4.69) is 42.1 Å². The molecule has 2 aromatic rings. The van der Waals surface area contributed by atoms with Crippen LogP contribution in [0.1, 0.15) is 31.0 Å². The van der Waals surface area contributed by atoms with Crippen LogP contribution in [0.3, 0.4) is 0 Å². The molecule has 2 atom stereocenters. The van der Waals surface area contributed by atoms with Gasteiger partial charge in [0.25, 0.3) is 0 Å². The predicted molar refractivity (Wildman–Crippen MR) is 80.5 cm³/mol. The normalized spacial score (nSPS) is 14.4. The van der Waals surface area contributed by atoms with Gasteiger partial charge in [0.15, 0.2) is 0 Å². The van der Waals surface area contributed by atoms with Crippen molar-refractivity contribution in [2.75, 3.05) is 0 Å². The minimum absolute atomic E-state index is 0.317. The standard InChI is InChI=1S/C15H18ClNS/c1-11(8-13-6-7-18-10-13)17-12(2)14-4-3-5-15(16)9-14/h3-7,9-12,17H,8H2,1-2H3. The summed E-state index contributed by atoms with van der Waals surface area (Å²) in [7, 11) is 0. The molecule has 1 N–H and O–H groups in total. The minimum Gasteiger partial charge on any atom is -0.307 e. The van der Waals surface area contributed by atoms with Gasteiger partial charge in [0, 0.05) is 17.1 Å². The van der Waals surface area contributed by atoms with Crippen LogP contribution >= 0.6 is 22.9 Å². The molecule has 0 aliphatic rings. The second-order valence-corrected chi connectivity index (χ2v) is 5.90. The smallest absolute Gasteiger partial charge is 0.0409 e. The largest absolute Gasteiger partial charge is 0.307 e. The molecule has 0 spiro atoms. The predicted octanol–water partition coefficient (Wildman–Crippen LogP) is 4.68. The first kappa shape index (κ1) is 13.6. The molecule has 0 amide bonds. The summed E-state index contributed by atoms with van der Waals surface area (Å²) in [6.45, 7) is 4.40. The first-order chi connectivity index (χ1) is 8.65. The van der Waals surface area contributed by atoms with Crippen LogP contribution in [-0.4, -0.2) is 6.04 Å². The summed E-state index contributed by atoms with van der Waals surface area (Å²) in [6.07, 6.45) is 1.06. The van der Waals surface area contributed by atoms with Crippen molar-refractivity contribution in [3.05, 3.63) is 57.2 Å². The number of benzene rings is 1. The van der Waals surface area contributed by atoms with Crippen molar-refractivity contribution >= 4 is 22.9 Å². The zero-order valence-corrected chi connectivity index (χ0v) is 12.3. The van der Waals surface area contributed by atoms with Crippen LogP contribution in [0.15, 0.2) is 41.1 Å². The van der Waals surface area contributed by atoms with Crippen LogP contribution in [0.2, 0.25) is 5.02 Å². The molecule has 1 aromatic carbocycles. The molecule has 18 heavy (non-hydrogen) atoms. The van der Waals surface area contributed by atoms with Gasteiger partial charge in [-0.2, -0.15) is 11.3 Å². The highest BCUT2D eigenvalue weighted by molar-refractivity contribution is 7.07. The van der Waals surface area contributed by atoms with E-state index in [0.717, 1.165) is 11.4 Å². The van der Waals surface area contributed by atoms with Gasteiger partial charge in [-0.05, 0) is 60.4 Å². The molecule has 1 heterocycles. The van der Waals surface area contributed by atoms with Gasteiger partial charge in [0.1, 0.15) is 0 Å². The maximum atomic E-state index is 6.01. The minimum atomic E-state index is 0.317. The van der Waals surface area contributed by atoms with E-state index >= 15 is 0 Å². The molecule has 0 radical (unpaired) electrons. The lowest BCUT2D eigenvalue weighted by Crippen LogP contribution is -2.30. The summed E-state index contributed by atoms with van der Waals surface area (Å²) in [5.41, 5.74) is 2.64. The third-order valence-electron chi connectivity index (χ3n) is 3.01. The Labute approximate surface area is 118 Å². The highest BCUT2D eigenvalue weighted by Crippen LogP contribution is 2.18. The number of hydrogen-bond donors (Lipinski definition) is 1. The molecule has 0 fully saturated rings. The van der Waals surface area contributed by atoms with Crippen molar-refractivity contribution in [1.82, 2.24) is 5.32 Å². The second kappa shape index (κ2) is 6.37. The zero-order valence-electron chi connectivity index (χ0n) is 10.7. The molecule has 0 aliphatic carbocycles. The lowest BCUT2D eigenvalue weighted by Gasteiger charge is -2.20. The lowest BCUT2D eigenvalue weighted by atomic mass is 10.1. The number of hydrogen-bond acceptors (Lipinski definition) is 2. The van der Waals surface area contributed by atoms with Crippen molar-refractivity contribution in [3.8, 4) is 0 Å². The van der Waals surface area contributed by atoms with E-state index in [0.29, 0.717) is 12.1 Å². The molecule has 96 valence electrons. The highest BCUT2D eigenvalue weighted by atomic mass is 35.5. The number of nitrogens with one attached hydrogen (secondary N) is 1. The molecule has 0 bridgehead atoms. The van der Waals surface area contributed by atoms with Crippen LogP contribution in [0.4, 0.5) is 0 Å². The number of rotatable bonds is 5. The molecular weight excluding hydrogens is 262 g/mol. The van der Waals surface area contributed by atoms with Gasteiger partial charge in [-0.1, -0.05) is 23.7 Å². The summed E-state index contributed by atoms with van der Waals surface area (Å²) >= 11 is 7.77. The van der Waals surface area contributed by atoms with Gasteiger partial charge >= 0.3 is 0 Å². The van der Waals surface area contributed by atoms with E-state index in [1.807, 2.05) is 18.2 Å². The Balaban J connectivity index is 1.92. The monoisotopic (exact) mass is 279 g/mol. The van der Waals surface area contributed by atoms with E-state index in [-0.39, 0.29) is 0 Å². The average molecular weight is 280 g/mol. The first-order valence-electron chi connectivity index (χ1n) is 6.17. The number of thiophene rings is 1. The molecular formula is C15H18ClNS.